The zero-order chi connectivity index (χ0) is 19.4. The molecule has 0 saturated carbocycles. The van der Waals surface area contributed by atoms with Crippen molar-refractivity contribution in [3.8, 4) is 0 Å². The monoisotopic (exact) mass is 406 g/mol. The molecule has 0 unspecified atom stereocenters. The standard InChI is InChI=1S/C20H26N2O3S2/c1-3-16-6-8-17(9-7-16)15-21(2)19(23)14-18-10-11-20(26-18)27(24,25)22-12-4-5-13-22/h6-11H,3-5,12-15H2,1-2H3. The number of likely N-dealkylation sites (N-methyl/N-ethyl adjacent to an activating group) is 1. The molecule has 1 aliphatic rings. The molecule has 0 spiro atoms. The van der Waals surface area contributed by atoms with Gasteiger partial charge in [-0.15, -0.1) is 11.3 Å². The number of hydrogen-bond acceptors (Lipinski definition) is 4. The number of benzene rings is 1. The number of hydrogen-bond donors (Lipinski definition) is 0. The first-order valence-electron chi connectivity index (χ1n) is 9.31. The van der Waals surface area contributed by atoms with E-state index >= 15 is 0 Å². The number of sulfonamides is 1. The number of thiophene rings is 1. The van der Waals surface area contributed by atoms with Crippen LogP contribution in [0.5, 0.6) is 0 Å². The fourth-order valence-corrected chi connectivity index (χ4v) is 6.19. The van der Waals surface area contributed by atoms with Crippen molar-refractivity contribution in [3.63, 3.8) is 0 Å². The lowest BCUT2D eigenvalue weighted by Gasteiger charge is -2.17. The Morgan fingerprint density at radius 2 is 1.70 bits per heavy atom. The number of amides is 1. The number of carbonyl (C=O) groups excluding carboxylic acids is 1. The van der Waals surface area contributed by atoms with Gasteiger partial charge in [0.25, 0.3) is 10.0 Å². The lowest BCUT2D eigenvalue weighted by Crippen LogP contribution is -2.27. The fourth-order valence-electron chi connectivity index (χ4n) is 3.17. The second kappa shape index (κ2) is 8.54. The third-order valence-electron chi connectivity index (χ3n) is 4.90. The van der Waals surface area contributed by atoms with Crippen molar-refractivity contribution >= 4 is 27.3 Å². The van der Waals surface area contributed by atoms with Crippen LogP contribution < -0.4 is 0 Å². The average molecular weight is 407 g/mol. The molecule has 2 heterocycles. The lowest BCUT2D eigenvalue weighted by molar-refractivity contribution is -0.129. The van der Waals surface area contributed by atoms with E-state index in [0.29, 0.717) is 23.8 Å². The summed E-state index contributed by atoms with van der Waals surface area (Å²) >= 11 is 1.21. The van der Waals surface area contributed by atoms with Crippen LogP contribution in [0.4, 0.5) is 0 Å². The fraction of sp³-hybridized carbons (Fsp3) is 0.450. The summed E-state index contributed by atoms with van der Waals surface area (Å²) < 4.78 is 27.1. The Morgan fingerprint density at radius 1 is 1.07 bits per heavy atom. The first-order chi connectivity index (χ1) is 12.9. The number of rotatable bonds is 7. The van der Waals surface area contributed by atoms with Crippen LogP contribution in [-0.4, -0.2) is 43.7 Å². The van der Waals surface area contributed by atoms with Crippen molar-refractivity contribution in [1.82, 2.24) is 9.21 Å². The summed E-state index contributed by atoms with van der Waals surface area (Å²) in [5.41, 5.74) is 2.37. The second-order valence-corrected chi connectivity index (χ2v) is 10.3. The van der Waals surface area contributed by atoms with E-state index in [1.807, 2.05) is 0 Å². The third-order valence-corrected chi connectivity index (χ3v) is 8.35. The Kier molecular flexibility index (Phi) is 6.34. The van der Waals surface area contributed by atoms with Crippen LogP contribution in [0.15, 0.2) is 40.6 Å². The Balaban J connectivity index is 1.61. The van der Waals surface area contributed by atoms with Crippen LogP contribution in [0.2, 0.25) is 0 Å². The first kappa shape index (κ1) is 20.0. The molecule has 1 fully saturated rings. The molecule has 0 bridgehead atoms. The van der Waals surface area contributed by atoms with Gasteiger partial charge in [0.15, 0.2) is 0 Å². The molecule has 0 aliphatic carbocycles. The van der Waals surface area contributed by atoms with Gasteiger partial charge in [0.05, 0.1) is 6.42 Å². The summed E-state index contributed by atoms with van der Waals surface area (Å²) in [6.07, 6.45) is 3.06. The topological polar surface area (TPSA) is 57.7 Å². The molecule has 1 aliphatic heterocycles. The van der Waals surface area contributed by atoms with Gasteiger partial charge in [-0.05, 0) is 42.5 Å². The Morgan fingerprint density at radius 3 is 2.33 bits per heavy atom. The van der Waals surface area contributed by atoms with Crippen molar-refractivity contribution in [3.05, 3.63) is 52.4 Å². The Hall–Kier alpha value is -1.70. The SMILES string of the molecule is CCc1ccc(CN(C)C(=O)Cc2ccc(S(=O)(=O)N3CCCC3)s2)cc1. The molecule has 3 rings (SSSR count). The quantitative estimate of drug-likeness (QED) is 0.709. The second-order valence-electron chi connectivity index (χ2n) is 6.93. The van der Waals surface area contributed by atoms with Crippen LogP contribution in [0.1, 0.15) is 35.8 Å². The Labute approximate surface area is 165 Å². The van der Waals surface area contributed by atoms with Gasteiger partial charge in [0, 0.05) is 31.6 Å². The minimum absolute atomic E-state index is 0.0125. The summed E-state index contributed by atoms with van der Waals surface area (Å²) in [6.45, 7) is 3.85. The van der Waals surface area contributed by atoms with E-state index in [4.69, 9.17) is 0 Å². The van der Waals surface area contributed by atoms with Gasteiger partial charge in [-0.2, -0.15) is 4.31 Å². The summed E-state index contributed by atoms with van der Waals surface area (Å²) in [5.74, 6) is -0.0125. The van der Waals surface area contributed by atoms with Crippen LogP contribution in [-0.2, 0) is 34.2 Å². The minimum atomic E-state index is -3.40. The molecule has 27 heavy (non-hydrogen) atoms. The first-order valence-corrected chi connectivity index (χ1v) is 11.6. The maximum Gasteiger partial charge on any atom is 0.252 e. The summed E-state index contributed by atoms with van der Waals surface area (Å²) in [7, 11) is -1.62. The third kappa shape index (κ3) is 4.78. The van der Waals surface area contributed by atoms with E-state index < -0.39 is 10.0 Å². The highest BCUT2D eigenvalue weighted by atomic mass is 32.2. The van der Waals surface area contributed by atoms with Crippen molar-refractivity contribution in [1.29, 1.82) is 0 Å². The smallest absolute Gasteiger partial charge is 0.252 e. The maximum atomic E-state index is 12.6. The van der Waals surface area contributed by atoms with Crippen LogP contribution >= 0.6 is 11.3 Å². The predicted octanol–water partition coefficient (Wildman–Crippen LogP) is 3.30. The molecule has 5 nitrogen and oxygen atoms in total. The van der Waals surface area contributed by atoms with E-state index in [0.717, 1.165) is 29.7 Å². The summed E-state index contributed by atoms with van der Waals surface area (Å²) in [5, 5.41) is 0. The molecule has 1 aromatic heterocycles. The van der Waals surface area contributed by atoms with Gasteiger partial charge in [0.2, 0.25) is 5.91 Å². The van der Waals surface area contributed by atoms with Crippen LogP contribution in [0.3, 0.4) is 0 Å². The largest absolute Gasteiger partial charge is 0.341 e. The molecule has 1 saturated heterocycles. The molecular weight excluding hydrogens is 380 g/mol. The van der Waals surface area contributed by atoms with Crippen molar-refractivity contribution in [2.24, 2.45) is 0 Å². The number of nitrogens with zero attached hydrogens (tertiary/aromatic N) is 2. The van der Waals surface area contributed by atoms with E-state index in [1.165, 1.54) is 21.2 Å². The highest BCUT2D eigenvalue weighted by Gasteiger charge is 2.28. The predicted molar refractivity (Wildman–Crippen MR) is 108 cm³/mol. The van der Waals surface area contributed by atoms with Crippen LogP contribution in [0, 0.1) is 0 Å². The zero-order valence-electron chi connectivity index (χ0n) is 15.8. The molecule has 1 amide bonds. The van der Waals surface area contributed by atoms with Gasteiger partial charge >= 0.3 is 0 Å². The molecule has 2 aromatic rings. The van der Waals surface area contributed by atoms with Crippen molar-refractivity contribution in [2.45, 2.75) is 43.4 Å². The van der Waals surface area contributed by atoms with Crippen LogP contribution in [0.25, 0.3) is 0 Å². The highest BCUT2D eigenvalue weighted by Crippen LogP contribution is 2.27. The molecule has 1 aromatic carbocycles. The van der Waals surface area contributed by atoms with Crippen molar-refractivity contribution < 1.29 is 13.2 Å². The van der Waals surface area contributed by atoms with Gasteiger partial charge in [-0.3, -0.25) is 4.79 Å². The summed E-state index contributed by atoms with van der Waals surface area (Å²) in [6, 6.07) is 11.7. The van der Waals surface area contributed by atoms with Crippen molar-refractivity contribution in [2.75, 3.05) is 20.1 Å². The van der Waals surface area contributed by atoms with E-state index in [9.17, 15) is 13.2 Å². The number of carbonyl (C=O) groups is 1. The zero-order valence-corrected chi connectivity index (χ0v) is 17.5. The lowest BCUT2D eigenvalue weighted by atomic mass is 10.1. The number of aryl methyl sites for hydroxylation is 1. The average Bonchev–Trinajstić information content (AvgIpc) is 3.35. The maximum absolute atomic E-state index is 12.6. The molecule has 0 radical (unpaired) electrons. The van der Waals surface area contributed by atoms with Gasteiger partial charge < -0.3 is 4.90 Å². The molecule has 7 heteroatoms. The highest BCUT2D eigenvalue weighted by molar-refractivity contribution is 7.91. The van der Waals surface area contributed by atoms with Gasteiger partial charge in [0.1, 0.15) is 4.21 Å². The van der Waals surface area contributed by atoms with E-state index in [1.54, 1.807) is 24.1 Å². The summed E-state index contributed by atoms with van der Waals surface area (Å²) in [4.78, 5) is 15.0. The van der Waals surface area contributed by atoms with E-state index in [2.05, 4.69) is 31.2 Å². The van der Waals surface area contributed by atoms with Gasteiger partial charge in [-0.1, -0.05) is 31.2 Å². The molecular formula is C20H26N2O3S2. The minimum Gasteiger partial charge on any atom is -0.341 e. The molecule has 146 valence electrons. The molecule has 0 atom stereocenters. The van der Waals surface area contributed by atoms with Gasteiger partial charge in [-0.25, -0.2) is 8.42 Å². The molecule has 0 N–H and O–H groups in total. The normalized spacial score (nSPS) is 15.2. The van der Waals surface area contributed by atoms with E-state index in [-0.39, 0.29) is 12.3 Å². The Bertz CT molecular complexity index is 882.